The van der Waals surface area contributed by atoms with Gasteiger partial charge in [0.15, 0.2) is 0 Å². The van der Waals surface area contributed by atoms with Gasteiger partial charge in [-0.25, -0.2) is 19.7 Å². The Bertz CT molecular complexity index is 1500. The highest BCUT2D eigenvalue weighted by atomic mass is 16.3. The highest BCUT2D eigenvalue weighted by Crippen LogP contribution is 2.29. The summed E-state index contributed by atoms with van der Waals surface area (Å²) >= 11 is 0. The van der Waals surface area contributed by atoms with Gasteiger partial charge in [-0.3, -0.25) is 0 Å². The van der Waals surface area contributed by atoms with Gasteiger partial charge >= 0.3 is 5.69 Å². The summed E-state index contributed by atoms with van der Waals surface area (Å²) in [4.78, 5) is 26.9. The fourth-order valence-electron chi connectivity index (χ4n) is 3.90. The zero-order valence-corrected chi connectivity index (χ0v) is 18.6. The van der Waals surface area contributed by atoms with Crippen LogP contribution in [0.15, 0.2) is 76.4 Å². The number of fused-ring (bicyclic) bond motifs is 1. The van der Waals surface area contributed by atoms with Crippen LogP contribution in [0.4, 0.5) is 5.82 Å². The van der Waals surface area contributed by atoms with Gasteiger partial charge in [0, 0.05) is 41.0 Å². The summed E-state index contributed by atoms with van der Waals surface area (Å²) in [5, 5.41) is 4.58. The smallest absolute Gasteiger partial charge is 0.344 e. The Morgan fingerprint density at radius 2 is 1.88 bits per heavy atom. The van der Waals surface area contributed by atoms with E-state index in [9.17, 15) is 4.79 Å². The largest absolute Gasteiger partial charge is 0.464 e. The number of anilines is 1. The first-order chi connectivity index (χ1) is 16.0. The quantitative estimate of drug-likeness (QED) is 0.381. The van der Waals surface area contributed by atoms with E-state index in [2.05, 4.69) is 50.4 Å². The molecule has 0 unspecified atom stereocenters. The Labute approximate surface area is 190 Å². The molecule has 3 aromatic heterocycles. The number of nitrogens with one attached hydrogen (secondary N) is 2. The lowest BCUT2D eigenvalue weighted by Gasteiger charge is -2.17. The Kier molecular flexibility index (Phi) is 5.22. The lowest BCUT2D eigenvalue weighted by Crippen LogP contribution is -2.10. The van der Waals surface area contributed by atoms with Crippen LogP contribution in [0.25, 0.3) is 33.4 Å². The van der Waals surface area contributed by atoms with Crippen molar-refractivity contribution in [2.75, 3.05) is 5.32 Å². The average molecular weight is 438 g/mol. The van der Waals surface area contributed by atoms with Crippen molar-refractivity contribution in [3.8, 4) is 22.4 Å². The van der Waals surface area contributed by atoms with Crippen molar-refractivity contribution in [3.05, 3.63) is 94.6 Å². The van der Waals surface area contributed by atoms with Crippen LogP contribution in [0.1, 0.15) is 29.9 Å². The molecule has 2 aromatic carbocycles. The van der Waals surface area contributed by atoms with E-state index in [0.717, 1.165) is 50.3 Å². The van der Waals surface area contributed by atoms with Crippen molar-refractivity contribution in [1.29, 1.82) is 0 Å². The summed E-state index contributed by atoms with van der Waals surface area (Å²) in [7, 11) is 0. The number of hydrogen-bond donors (Lipinski definition) is 2. The summed E-state index contributed by atoms with van der Waals surface area (Å²) in [5.41, 5.74) is 6.40. The van der Waals surface area contributed by atoms with Crippen LogP contribution < -0.4 is 11.0 Å². The summed E-state index contributed by atoms with van der Waals surface area (Å²) in [6.45, 7) is 6.01. The SMILES string of the molecule is Cc1nc(N[C@@H](C)c2cccc(-c3cnc(=O)[nH]c3)c2)cc(-c2ccc3occ(C)c3c2)n1. The maximum atomic E-state index is 11.3. The van der Waals surface area contributed by atoms with Gasteiger partial charge in [-0.15, -0.1) is 0 Å². The van der Waals surface area contributed by atoms with Gasteiger partial charge in [0.05, 0.1) is 12.0 Å². The highest BCUT2D eigenvalue weighted by Gasteiger charge is 2.12. The molecule has 0 bridgehead atoms. The van der Waals surface area contributed by atoms with Crippen molar-refractivity contribution >= 4 is 16.8 Å². The molecule has 0 saturated heterocycles. The lowest BCUT2D eigenvalue weighted by atomic mass is 10.0. The minimum Gasteiger partial charge on any atom is -0.464 e. The number of rotatable bonds is 5. The molecule has 0 radical (unpaired) electrons. The summed E-state index contributed by atoms with van der Waals surface area (Å²) in [6, 6.07) is 16.2. The van der Waals surface area contributed by atoms with E-state index in [4.69, 9.17) is 4.42 Å². The summed E-state index contributed by atoms with van der Waals surface area (Å²) in [6.07, 6.45) is 5.02. The van der Waals surface area contributed by atoms with E-state index in [1.54, 1.807) is 18.7 Å². The van der Waals surface area contributed by atoms with Crippen LogP contribution in [0.2, 0.25) is 0 Å². The molecule has 0 aliphatic heterocycles. The van der Waals surface area contributed by atoms with Gasteiger partial charge in [-0.05, 0) is 61.7 Å². The van der Waals surface area contributed by atoms with Gasteiger partial charge < -0.3 is 14.7 Å². The van der Waals surface area contributed by atoms with Gasteiger partial charge in [0.25, 0.3) is 0 Å². The Hall–Kier alpha value is -4.26. The highest BCUT2D eigenvalue weighted by molar-refractivity contribution is 5.85. The Balaban J connectivity index is 1.43. The lowest BCUT2D eigenvalue weighted by molar-refractivity contribution is 0.613. The number of nitrogens with zero attached hydrogens (tertiary/aromatic N) is 3. The van der Waals surface area contributed by atoms with Crippen molar-refractivity contribution in [1.82, 2.24) is 19.9 Å². The first-order valence-corrected chi connectivity index (χ1v) is 10.7. The second kappa shape index (κ2) is 8.35. The molecule has 1 atom stereocenters. The average Bonchev–Trinajstić information content (AvgIpc) is 3.19. The first kappa shape index (κ1) is 20.6. The van der Waals surface area contributed by atoms with Crippen LogP contribution >= 0.6 is 0 Å². The molecule has 0 spiro atoms. The zero-order valence-electron chi connectivity index (χ0n) is 18.6. The minimum atomic E-state index is -0.359. The summed E-state index contributed by atoms with van der Waals surface area (Å²) < 4.78 is 5.57. The molecule has 2 N–H and O–H groups in total. The van der Waals surface area contributed by atoms with Crippen LogP contribution in [0.3, 0.4) is 0 Å². The second-order valence-electron chi connectivity index (χ2n) is 8.11. The second-order valence-corrected chi connectivity index (χ2v) is 8.11. The molecule has 7 nitrogen and oxygen atoms in total. The molecule has 7 heteroatoms. The molecule has 33 heavy (non-hydrogen) atoms. The van der Waals surface area contributed by atoms with Gasteiger partial charge in [0.1, 0.15) is 17.2 Å². The number of hydrogen-bond acceptors (Lipinski definition) is 6. The molecule has 5 aromatic rings. The molecule has 0 amide bonds. The molecular formula is C26H23N5O2. The van der Waals surface area contributed by atoms with Gasteiger partial charge in [-0.2, -0.15) is 0 Å². The maximum Gasteiger partial charge on any atom is 0.344 e. The molecular weight excluding hydrogens is 414 g/mol. The van der Waals surface area contributed by atoms with Crippen molar-refractivity contribution in [3.63, 3.8) is 0 Å². The molecule has 0 saturated carbocycles. The Morgan fingerprint density at radius 3 is 2.70 bits per heavy atom. The maximum absolute atomic E-state index is 11.3. The fraction of sp³-hybridized carbons (Fsp3) is 0.154. The minimum absolute atomic E-state index is 0.00131. The Morgan fingerprint density at radius 1 is 1.00 bits per heavy atom. The summed E-state index contributed by atoms with van der Waals surface area (Å²) in [5.74, 6) is 1.45. The predicted octanol–water partition coefficient (Wildman–Crippen LogP) is 5.43. The molecule has 164 valence electrons. The molecule has 0 aliphatic carbocycles. The van der Waals surface area contributed by atoms with E-state index in [0.29, 0.717) is 5.82 Å². The normalized spacial score (nSPS) is 12.1. The van der Waals surface area contributed by atoms with E-state index < -0.39 is 0 Å². The number of aryl methyl sites for hydroxylation is 2. The third kappa shape index (κ3) is 4.25. The topological polar surface area (TPSA) is 96.7 Å². The van der Waals surface area contributed by atoms with Crippen molar-refractivity contribution in [2.24, 2.45) is 0 Å². The van der Waals surface area contributed by atoms with Gasteiger partial charge in [-0.1, -0.05) is 18.2 Å². The first-order valence-electron chi connectivity index (χ1n) is 10.7. The third-order valence-electron chi connectivity index (χ3n) is 5.66. The predicted molar refractivity (Wildman–Crippen MR) is 129 cm³/mol. The number of H-pyrrole nitrogens is 1. The van der Waals surface area contributed by atoms with E-state index in [-0.39, 0.29) is 11.7 Å². The van der Waals surface area contributed by atoms with Crippen molar-refractivity contribution in [2.45, 2.75) is 26.8 Å². The zero-order chi connectivity index (χ0) is 22.9. The molecule has 5 rings (SSSR count). The van der Waals surface area contributed by atoms with Crippen LogP contribution in [0, 0.1) is 13.8 Å². The third-order valence-corrected chi connectivity index (χ3v) is 5.66. The van der Waals surface area contributed by atoms with E-state index in [1.165, 1.54) is 0 Å². The number of aromatic amines is 1. The monoisotopic (exact) mass is 437 g/mol. The van der Waals surface area contributed by atoms with E-state index >= 15 is 0 Å². The van der Waals surface area contributed by atoms with Crippen LogP contribution in [-0.4, -0.2) is 19.9 Å². The number of furan rings is 1. The van der Waals surface area contributed by atoms with Gasteiger partial charge in [0.2, 0.25) is 0 Å². The fourth-order valence-corrected chi connectivity index (χ4v) is 3.90. The molecule has 0 aliphatic rings. The van der Waals surface area contributed by atoms with Crippen LogP contribution in [0.5, 0.6) is 0 Å². The number of benzene rings is 2. The van der Waals surface area contributed by atoms with E-state index in [1.807, 2.05) is 44.2 Å². The van der Waals surface area contributed by atoms with Crippen LogP contribution in [-0.2, 0) is 0 Å². The molecule has 0 fully saturated rings. The standard InChI is InChI=1S/C26H23N5O2/c1-15-14-33-24-8-7-20(10-22(15)24)23-11-25(31-17(3)30-23)29-16(2)18-5-4-6-19(9-18)21-12-27-26(32)28-13-21/h4-14,16H,1-3H3,(H,27,28,32)(H,29,30,31)/t16-/m0/s1. The van der Waals surface area contributed by atoms with Crippen molar-refractivity contribution < 1.29 is 4.42 Å². The number of aromatic nitrogens is 4. The molecule has 3 heterocycles.